The first kappa shape index (κ1) is 18.5. The molecule has 6 heteroatoms. The zero-order valence-electron chi connectivity index (χ0n) is 15.1. The van der Waals surface area contributed by atoms with Gasteiger partial charge in [0, 0.05) is 45.4 Å². The fourth-order valence-corrected chi connectivity index (χ4v) is 3.19. The topological polar surface area (TPSA) is 54.0 Å². The number of benzene rings is 1. The Morgan fingerprint density at radius 3 is 2.33 bits per heavy atom. The van der Waals surface area contributed by atoms with Gasteiger partial charge in [0.05, 0.1) is 13.7 Å². The summed E-state index contributed by atoms with van der Waals surface area (Å²) in [6, 6.07) is 8.39. The Kier molecular flexibility index (Phi) is 6.87. The number of hydrogen-bond acceptors (Lipinski definition) is 4. The molecule has 0 unspecified atom stereocenters. The summed E-state index contributed by atoms with van der Waals surface area (Å²) in [5.41, 5.74) is 1.06. The normalized spacial score (nSPS) is 21.6. The number of hydrogen-bond donors (Lipinski definition) is 1. The summed E-state index contributed by atoms with van der Waals surface area (Å²) < 4.78 is 10.3. The van der Waals surface area contributed by atoms with E-state index in [1.54, 1.807) is 14.2 Å². The van der Waals surface area contributed by atoms with E-state index in [1.165, 1.54) is 0 Å². The Balaban J connectivity index is 1.84. The summed E-state index contributed by atoms with van der Waals surface area (Å²) in [7, 11) is 3.36. The van der Waals surface area contributed by atoms with E-state index in [2.05, 4.69) is 24.1 Å². The van der Waals surface area contributed by atoms with Gasteiger partial charge < -0.3 is 19.7 Å². The molecule has 1 saturated heterocycles. The third kappa shape index (κ3) is 4.85. The summed E-state index contributed by atoms with van der Waals surface area (Å²) in [6.45, 7) is 7.95. The summed E-state index contributed by atoms with van der Waals surface area (Å²) in [4.78, 5) is 16.8. The summed E-state index contributed by atoms with van der Waals surface area (Å²) in [5.74, 6) is 0.819. The molecular formula is C18H29N3O3. The number of methoxy groups -OCH3 is 2. The van der Waals surface area contributed by atoms with Crippen LogP contribution in [0.15, 0.2) is 24.3 Å². The number of carbonyl (C=O) groups is 1. The van der Waals surface area contributed by atoms with E-state index in [0.29, 0.717) is 18.6 Å². The summed E-state index contributed by atoms with van der Waals surface area (Å²) in [6.07, 6.45) is 0. The van der Waals surface area contributed by atoms with Crippen molar-refractivity contribution in [1.82, 2.24) is 15.1 Å². The molecule has 0 aliphatic carbocycles. The van der Waals surface area contributed by atoms with Crippen molar-refractivity contribution in [3.05, 3.63) is 29.8 Å². The molecule has 2 rings (SSSR count). The van der Waals surface area contributed by atoms with Gasteiger partial charge in [-0.2, -0.15) is 0 Å². The minimum Gasteiger partial charge on any atom is -0.497 e. The molecule has 2 amide bonds. The fraction of sp³-hybridized carbons (Fsp3) is 0.611. The predicted molar refractivity (Wildman–Crippen MR) is 94.3 cm³/mol. The van der Waals surface area contributed by atoms with Gasteiger partial charge in [0.2, 0.25) is 0 Å². The fourth-order valence-electron chi connectivity index (χ4n) is 3.19. The van der Waals surface area contributed by atoms with Gasteiger partial charge in [-0.15, -0.1) is 0 Å². The van der Waals surface area contributed by atoms with Crippen LogP contribution in [0, 0.1) is 0 Å². The van der Waals surface area contributed by atoms with Crippen molar-refractivity contribution >= 4 is 6.03 Å². The Hall–Kier alpha value is -1.79. The van der Waals surface area contributed by atoms with E-state index >= 15 is 0 Å². The highest BCUT2D eigenvalue weighted by Gasteiger charge is 2.31. The zero-order chi connectivity index (χ0) is 17.5. The van der Waals surface area contributed by atoms with Gasteiger partial charge >= 0.3 is 6.03 Å². The van der Waals surface area contributed by atoms with Gasteiger partial charge in [-0.25, -0.2) is 4.79 Å². The van der Waals surface area contributed by atoms with Gasteiger partial charge in [-0.05, 0) is 31.5 Å². The van der Waals surface area contributed by atoms with Gasteiger partial charge in [-0.3, -0.25) is 4.90 Å². The van der Waals surface area contributed by atoms with Crippen molar-refractivity contribution in [2.24, 2.45) is 0 Å². The van der Waals surface area contributed by atoms with Crippen molar-refractivity contribution in [1.29, 1.82) is 0 Å². The van der Waals surface area contributed by atoms with Gasteiger partial charge in [-0.1, -0.05) is 12.1 Å². The third-order valence-corrected chi connectivity index (χ3v) is 4.55. The van der Waals surface area contributed by atoms with Crippen LogP contribution in [-0.2, 0) is 11.3 Å². The van der Waals surface area contributed by atoms with Gasteiger partial charge in [0.25, 0.3) is 0 Å². The van der Waals surface area contributed by atoms with Crippen LogP contribution >= 0.6 is 0 Å². The van der Waals surface area contributed by atoms with Crippen LogP contribution in [0.1, 0.15) is 19.4 Å². The number of ether oxygens (including phenoxy) is 2. The number of nitrogens with one attached hydrogen (secondary N) is 1. The number of urea groups is 1. The van der Waals surface area contributed by atoms with Crippen LogP contribution in [0.25, 0.3) is 0 Å². The molecule has 1 aromatic rings. The Morgan fingerprint density at radius 2 is 1.79 bits per heavy atom. The maximum absolute atomic E-state index is 12.5. The molecule has 134 valence electrons. The van der Waals surface area contributed by atoms with Crippen molar-refractivity contribution in [3.63, 3.8) is 0 Å². The summed E-state index contributed by atoms with van der Waals surface area (Å²) in [5, 5.41) is 3.01. The number of rotatable bonds is 6. The first-order chi connectivity index (χ1) is 11.5. The number of piperazine rings is 1. The molecule has 0 radical (unpaired) electrons. The highest BCUT2D eigenvalue weighted by atomic mass is 16.5. The molecule has 6 nitrogen and oxygen atoms in total. The standard InChI is InChI=1S/C18H29N3O3/c1-14-12-20(13-15(2)21(14)9-10-23-3)18(22)19-11-16-5-7-17(24-4)8-6-16/h5-8,14-15H,9-13H2,1-4H3,(H,19,22)/t14-,15+. The monoisotopic (exact) mass is 335 g/mol. The molecule has 24 heavy (non-hydrogen) atoms. The number of amides is 2. The molecule has 0 spiro atoms. The second-order valence-corrected chi connectivity index (χ2v) is 6.34. The number of nitrogens with zero attached hydrogens (tertiary/aromatic N) is 2. The van der Waals surface area contributed by atoms with Crippen molar-refractivity contribution < 1.29 is 14.3 Å². The lowest BCUT2D eigenvalue weighted by Crippen LogP contribution is -2.60. The van der Waals surface area contributed by atoms with E-state index in [-0.39, 0.29) is 6.03 Å². The second kappa shape index (κ2) is 8.89. The molecule has 1 aromatic carbocycles. The Morgan fingerprint density at radius 1 is 1.17 bits per heavy atom. The lowest BCUT2D eigenvalue weighted by atomic mass is 10.1. The SMILES string of the molecule is COCCN1[C@H](C)CN(C(=O)NCc2ccc(OC)cc2)C[C@@H]1C. The molecule has 1 aliphatic heterocycles. The van der Waals surface area contributed by atoms with E-state index < -0.39 is 0 Å². The molecule has 0 bridgehead atoms. The number of carbonyl (C=O) groups excluding carboxylic acids is 1. The Bertz CT molecular complexity index is 509. The third-order valence-electron chi connectivity index (χ3n) is 4.55. The molecule has 1 fully saturated rings. The predicted octanol–water partition coefficient (Wildman–Crippen LogP) is 1.95. The summed E-state index contributed by atoms with van der Waals surface area (Å²) >= 11 is 0. The first-order valence-corrected chi connectivity index (χ1v) is 8.45. The highest BCUT2D eigenvalue weighted by molar-refractivity contribution is 5.74. The largest absolute Gasteiger partial charge is 0.497 e. The lowest BCUT2D eigenvalue weighted by molar-refractivity contribution is 0.0348. The van der Waals surface area contributed by atoms with Gasteiger partial charge in [0.1, 0.15) is 5.75 Å². The van der Waals surface area contributed by atoms with Crippen LogP contribution in [0.2, 0.25) is 0 Å². The van der Waals surface area contributed by atoms with Crippen LogP contribution in [0.5, 0.6) is 5.75 Å². The quantitative estimate of drug-likeness (QED) is 0.863. The Labute approximate surface area is 144 Å². The molecule has 0 aromatic heterocycles. The lowest BCUT2D eigenvalue weighted by Gasteiger charge is -2.44. The van der Waals surface area contributed by atoms with E-state index in [0.717, 1.165) is 37.6 Å². The molecule has 2 atom stereocenters. The maximum Gasteiger partial charge on any atom is 0.317 e. The second-order valence-electron chi connectivity index (χ2n) is 6.34. The minimum atomic E-state index is -0.00379. The average Bonchev–Trinajstić information content (AvgIpc) is 2.59. The maximum atomic E-state index is 12.5. The minimum absolute atomic E-state index is 0.00379. The highest BCUT2D eigenvalue weighted by Crippen LogP contribution is 2.16. The van der Waals surface area contributed by atoms with Crippen LogP contribution in [0.3, 0.4) is 0 Å². The average molecular weight is 335 g/mol. The molecule has 1 heterocycles. The molecular weight excluding hydrogens is 306 g/mol. The van der Waals surface area contributed by atoms with Crippen LogP contribution in [-0.4, -0.2) is 68.4 Å². The van der Waals surface area contributed by atoms with Crippen molar-refractivity contribution in [2.75, 3.05) is 40.5 Å². The first-order valence-electron chi connectivity index (χ1n) is 8.45. The van der Waals surface area contributed by atoms with E-state index in [9.17, 15) is 4.79 Å². The zero-order valence-corrected chi connectivity index (χ0v) is 15.1. The smallest absolute Gasteiger partial charge is 0.317 e. The van der Waals surface area contributed by atoms with Crippen LogP contribution < -0.4 is 10.1 Å². The van der Waals surface area contributed by atoms with E-state index in [1.807, 2.05) is 29.2 Å². The van der Waals surface area contributed by atoms with Gasteiger partial charge in [0.15, 0.2) is 0 Å². The molecule has 0 saturated carbocycles. The van der Waals surface area contributed by atoms with Crippen molar-refractivity contribution in [3.8, 4) is 5.75 Å². The van der Waals surface area contributed by atoms with Crippen LogP contribution in [0.4, 0.5) is 4.79 Å². The van der Waals surface area contributed by atoms with E-state index in [4.69, 9.17) is 9.47 Å². The van der Waals surface area contributed by atoms with Crippen molar-refractivity contribution in [2.45, 2.75) is 32.5 Å². The molecule has 1 N–H and O–H groups in total. The molecule has 1 aliphatic rings.